The summed E-state index contributed by atoms with van der Waals surface area (Å²) in [5.41, 5.74) is -0.262. The summed E-state index contributed by atoms with van der Waals surface area (Å²) in [5.74, 6) is 0.491. The fourth-order valence-corrected chi connectivity index (χ4v) is 3.04. The van der Waals surface area contributed by atoms with Crippen molar-refractivity contribution in [2.75, 3.05) is 5.88 Å². The van der Waals surface area contributed by atoms with Crippen LogP contribution in [0, 0.1) is 0 Å². The lowest BCUT2D eigenvalue weighted by Gasteiger charge is -2.25. The van der Waals surface area contributed by atoms with Gasteiger partial charge in [0.2, 0.25) is 0 Å². The Bertz CT molecular complexity index is 351. The van der Waals surface area contributed by atoms with Crippen LogP contribution in [0.2, 0.25) is 0 Å². The highest BCUT2D eigenvalue weighted by Crippen LogP contribution is 2.23. The van der Waals surface area contributed by atoms with Crippen molar-refractivity contribution in [2.45, 2.75) is 25.8 Å². The van der Waals surface area contributed by atoms with Crippen LogP contribution < -0.4 is 5.32 Å². The van der Waals surface area contributed by atoms with Gasteiger partial charge in [-0.25, -0.2) is 0 Å². The molecule has 1 heterocycles. The van der Waals surface area contributed by atoms with Crippen molar-refractivity contribution in [1.29, 1.82) is 0 Å². The lowest BCUT2D eigenvalue weighted by molar-refractivity contribution is 0.0915. The summed E-state index contributed by atoms with van der Waals surface area (Å²) in [6.07, 6.45) is 0.753. The van der Waals surface area contributed by atoms with Gasteiger partial charge in [-0.05, 0) is 47.6 Å². The number of nitrogens with one attached hydrogen (secondary N) is 1. The van der Waals surface area contributed by atoms with Gasteiger partial charge in [-0.1, -0.05) is 0 Å². The summed E-state index contributed by atoms with van der Waals surface area (Å²) in [5, 5.41) is 4.84. The molecule has 0 atom stereocenters. The first-order valence-electron chi connectivity index (χ1n) is 4.58. The van der Waals surface area contributed by atoms with Crippen molar-refractivity contribution in [3.63, 3.8) is 0 Å². The zero-order valence-corrected chi connectivity index (χ0v) is 11.8. The number of halogens is 2. The second kappa shape index (κ2) is 5.32. The van der Waals surface area contributed by atoms with E-state index in [9.17, 15) is 4.79 Å². The standard InChI is InChI=1S/C10H13BrClNOS/c1-10(2,4-5-12)13-9(14)8-7(11)3-6-15-8/h3,6H,4-5H2,1-2H3,(H,13,14). The maximum atomic E-state index is 11.8. The van der Waals surface area contributed by atoms with Crippen LogP contribution in [0.3, 0.4) is 0 Å². The Morgan fingerprint density at radius 2 is 2.33 bits per heavy atom. The number of rotatable bonds is 4. The van der Waals surface area contributed by atoms with E-state index in [1.54, 1.807) is 0 Å². The van der Waals surface area contributed by atoms with Crippen molar-refractivity contribution < 1.29 is 4.79 Å². The molecular weight excluding hydrogens is 298 g/mol. The first-order valence-corrected chi connectivity index (χ1v) is 6.78. The van der Waals surface area contributed by atoms with E-state index in [4.69, 9.17) is 11.6 Å². The zero-order valence-electron chi connectivity index (χ0n) is 8.64. The topological polar surface area (TPSA) is 29.1 Å². The molecule has 0 saturated carbocycles. The van der Waals surface area contributed by atoms with Gasteiger partial charge in [-0.3, -0.25) is 4.79 Å². The van der Waals surface area contributed by atoms with Crippen LogP contribution in [0.4, 0.5) is 0 Å². The Labute approximate surface area is 107 Å². The monoisotopic (exact) mass is 309 g/mol. The molecule has 0 spiro atoms. The molecule has 1 aromatic rings. The molecule has 0 aliphatic heterocycles. The van der Waals surface area contributed by atoms with Crippen molar-refractivity contribution in [3.05, 3.63) is 20.8 Å². The molecule has 0 aliphatic rings. The second-order valence-corrected chi connectivity index (χ2v) is 6.02. The maximum absolute atomic E-state index is 11.8. The van der Waals surface area contributed by atoms with Crippen LogP contribution in [0.15, 0.2) is 15.9 Å². The Balaban J connectivity index is 2.68. The molecule has 0 saturated heterocycles. The molecule has 0 radical (unpaired) electrons. The maximum Gasteiger partial charge on any atom is 0.262 e. The molecular formula is C10H13BrClNOS. The molecule has 0 fully saturated rings. The third-order valence-corrected chi connectivity index (χ3v) is 4.02. The van der Waals surface area contributed by atoms with Crippen LogP contribution >= 0.6 is 38.9 Å². The average molecular weight is 311 g/mol. The van der Waals surface area contributed by atoms with E-state index in [0.29, 0.717) is 10.8 Å². The number of carbonyl (C=O) groups is 1. The predicted molar refractivity (Wildman–Crippen MR) is 68.9 cm³/mol. The zero-order chi connectivity index (χ0) is 11.5. The first-order chi connectivity index (χ1) is 6.96. The van der Waals surface area contributed by atoms with Crippen LogP contribution in [0.25, 0.3) is 0 Å². The van der Waals surface area contributed by atoms with E-state index >= 15 is 0 Å². The summed E-state index contributed by atoms with van der Waals surface area (Å²) < 4.78 is 0.840. The van der Waals surface area contributed by atoms with Crippen molar-refractivity contribution in [2.24, 2.45) is 0 Å². The van der Waals surface area contributed by atoms with E-state index in [2.05, 4.69) is 21.2 Å². The van der Waals surface area contributed by atoms with E-state index in [-0.39, 0.29) is 11.4 Å². The largest absolute Gasteiger partial charge is 0.346 e. The summed E-state index contributed by atoms with van der Waals surface area (Å²) in [6, 6.07) is 1.87. The van der Waals surface area contributed by atoms with Crippen LogP contribution in [-0.4, -0.2) is 17.3 Å². The Kier molecular flexibility index (Phi) is 4.62. The normalized spacial score (nSPS) is 11.5. The number of alkyl halides is 1. The minimum absolute atomic E-state index is 0.0491. The van der Waals surface area contributed by atoms with Gasteiger partial charge in [0, 0.05) is 15.9 Å². The highest BCUT2D eigenvalue weighted by Gasteiger charge is 2.22. The van der Waals surface area contributed by atoms with Gasteiger partial charge in [-0.2, -0.15) is 0 Å². The summed E-state index contributed by atoms with van der Waals surface area (Å²) in [6.45, 7) is 3.93. The summed E-state index contributed by atoms with van der Waals surface area (Å²) in [4.78, 5) is 12.5. The highest BCUT2D eigenvalue weighted by molar-refractivity contribution is 9.10. The lowest BCUT2D eigenvalue weighted by atomic mass is 10.0. The second-order valence-electron chi connectivity index (χ2n) is 3.87. The Hall–Kier alpha value is -0.0600. The highest BCUT2D eigenvalue weighted by atomic mass is 79.9. The molecule has 15 heavy (non-hydrogen) atoms. The number of thiophene rings is 1. The third-order valence-electron chi connectivity index (χ3n) is 1.99. The molecule has 84 valence electrons. The van der Waals surface area contributed by atoms with E-state index in [0.717, 1.165) is 10.9 Å². The molecule has 0 bridgehead atoms. The molecule has 1 amide bonds. The molecule has 1 aromatic heterocycles. The Morgan fingerprint density at radius 1 is 1.67 bits per heavy atom. The minimum Gasteiger partial charge on any atom is -0.346 e. The van der Waals surface area contributed by atoms with Gasteiger partial charge < -0.3 is 5.32 Å². The fraction of sp³-hybridized carbons (Fsp3) is 0.500. The SMILES string of the molecule is CC(C)(CCCl)NC(=O)c1sccc1Br. The van der Waals surface area contributed by atoms with E-state index in [1.807, 2.05) is 25.3 Å². The molecule has 0 unspecified atom stereocenters. The molecule has 1 N–H and O–H groups in total. The predicted octanol–water partition coefficient (Wildman–Crippen LogP) is 3.65. The van der Waals surface area contributed by atoms with Crippen molar-refractivity contribution in [1.82, 2.24) is 5.32 Å². The summed E-state index contributed by atoms with van der Waals surface area (Å²) in [7, 11) is 0. The van der Waals surface area contributed by atoms with Gasteiger partial charge in [0.25, 0.3) is 5.91 Å². The van der Waals surface area contributed by atoms with Gasteiger partial charge in [0.1, 0.15) is 4.88 Å². The summed E-state index contributed by atoms with van der Waals surface area (Å²) >= 11 is 10.4. The van der Waals surface area contributed by atoms with E-state index in [1.165, 1.54) is 11.3 Å². The number of hydrogen-bond acceptors (Lipinski definition) is 2. The quantitative estimate of drug-likeness (QED) is 0.845. The van der Waals surface area contributed by atoms with Crippen LogP contribution in [0.5, 0.6) is 0 Å². The molecule has 0 aliphatic carbocycles. The lowest BCUT2D eigenvalue weighted by Crippen LogP contribution is -2.43. The Morgan fingerprint density at radius 3 is 2.80 bits per heavy atom. The number of carbonyl (C=O) groups excluding carboxylic acids is 1. The van der Waals surface area contributed by atoms with E-state index < -0.39 is 0 Å². The van der Waals surface area contributed by atoms with Crippen LogP contribution in [-0.2, 0) is 0 Å². The molecule has 0 aromatic carbocycles. The molecule has 1 rings (SSSR count). The van der Waals surface area contributed by atoms with Gasteiger partial charge in [0.15, 0.2) is 0 Å². The van der Waals surface area contributed by atoms with Crippen molar-refractivity contribution >= 4 is 44.8 Å². The fourth-order valence-electron chi connectivity index (χ4n) is 1.12. The third kappa shape index (κ3) is 3.78. The smallest absolute Gasteiger partial charge is 0.262 e. The number of hydrogen-bond donors (Lipinski definition) is 1. The first kappa shape index (κ1) is 13.0. The van der Waals surface area contributed by atoms with Gasteiger partial charge in [0.05, 0.1) is 0 Å². The number of amides is 1. The molecule has 2 nitrogen and oxygen atoms in total. The molecule has 5 heteroatoms. The van der Waals surface area contributed by atoms with Gasteiger partial charge >= 0.3 is 0 Å². The van der Waals surface area contributed by atoms with Crippen LogP contribution in [0.1, 0.15) is 29.9 Å². The minimum atomic E-state index is -0.262. The van der Waals surface area contributed by atoms with Crippen molar-refractivity contribution in [3.8, 4) is 0 Å². The average Bonchev–Trinajstić information content (AvgIpc) is 2.50. The van der Waals surface area contributed by atoms with Gasteiger partial charge in [-0.15, -0.1) is 22.9 Å².